The van der Waals surface area contributed by atoms with Gasteiger partial charge in [0.05, 0.1) is 6.61 Å². The largest absolute Gasteiger partial charge is 0.443 e. The summed E-state index contributed by atoms with van der Waals surface area (Å²) in [6.07, 6.45) is 2.79. The lowest BCUT2D eigenvalue weighted by molar-refractivity contribution is -0.265. The molecular weight excluding hydrogens is 565 g/mol. The van der Waals surface area contributed by atoms with E-state index in [2.05, 4.69) is 39.8 Å². The first-order valence-corrected chi connectivity index (χ1v) is 16.5. The van der Waals surface area contributed by atoms with E-state index in [0.717, 1.165) is 54.0 Å². The number of benzene rings is 1. The Bertz CT molecular complexity index is 1250. The molecule has 4 saturated carbocycles. The Kier molecular flexibility index (Phi) is 9.34. The first-order chi connectivity index (χ1) is 21.1. The SMILES string of the molecule is CC(C)c1[nH]nc(O[C@@H]2O[C@H](CO)[C@@H](F)[C@H](O)[C@H]2O)c1Cc1ccc(CCCC(=O)NCC23CC4CC(CC(C4)C2)C3)cc1. The molecule has 5 aliphatic rings. The molecule has 1 saturated heterocycles. The lowest BCUT2D eigenvalue weighted by Crippen LogP contribution is -2.58. The molecule has 2 heterocycles. The van der Waals surface area contributed by atoms with Crippen LogP contribution >= 0.6 is 0 Å². The van der Waals surface area contributed by atoms with E-state index in [0.29, 0.717) is 18.3 Å². The van der Waals surface area contributed by atoms with Crippen LogP contribution in [0.5, 0.6) is 5.88 Å². The van der Waals surface area contributed by atoms with E-state index < -0.39 is 37.4 Å². The molecule has 5 fully saturated rings. The number of aromatic amines is 1. The van der Waals surface area contributed by atoms with Gasteiger partial charge in [-0.15, -0.1) is 5.10 Å². The molecule has 1 aromatic carbocycles. The Morgan fingerprint density at radius 3 is 2.34 bits per heavy atom. The van der Waals surface area contributed by atoms with E-state index in [1.54, 1.807) is 0 Å². The van der Waals surface area contributed by atoms with Crippen molar-refractivity contribution in [2.75, 3.05) is 13.2 Å². The van der Waals surface area contributed by atoms with Crippen LogP contribution in [0.2, 0.25) is 0 Å². The molecule has 0 radical (unpaired) electrons. The van der Waals surface area contributed by atoms with Crippen molar-refractivity contribution in [3.8, 4) is 5.88 Å². The van der Waals surface area contributed by atoms with Gasteiger partial charge in [0.1, 0.15) is 18.3 Å². The van der Waals surface area contributed by atoms with Gasteiger partial charge in [-0.3, -0.25) is 9.89 Å². The second kappa shape index (κ2) is 13.1. The smallest absolute Gasteiger partial charge is 0.238 e. The molecule has 7 rings (SSSR count). The van der Waals surface area contributed by atoms with Crippen molar-refractivity contribution in [2.24, 2.45) is 23.2 Å². The number of halogens is 1. The molecule has 0 spiro atoms. The van der Waals surface area contributed by atoms with Crippen LogP contribution in [0.4, 0.5) is 4.39 Å². The Morgan fingerprint density at radius 1 is 1.09 bits per heavy atom. The molecule has 1 aromatic heterocycles. The van der Waals surface area contributed by atoms with Gasteiger partial charge in [0.2, 0.25) is 18.1 Å². The molecule has 1 aliphatic heterocycles. The van der Waals surface area contributed by atoms with E-state index in [-0.39, 0.29) is 17.7 Å². The number of aliphatic hydroxyl groups is 3. The van der Waals surface area contributed by atoms with Crippen LogP contribution in [0, 0.1) is 23.2 Å². The maximum Gasteiger partial charge on any atom is 0.238 e. The summed E-state index contributed by atoms with van der Waals surface area (Å²) in [4.78, 5) is 12.7. The van der Waals surface area contributed by atoms with Crippen LogP contribution in [0.1, 0.15) is 93.5 Å². The van der Waals surface area contributed by atoms with Crippen molar-refractivity contribution >= 4 is 5.91 Å². The highest BCUT2D eigenvalue weighted by atomic mass is 19.1. The normalized spacial score (nSPS) is 34.4. The van der Waals surface area contributed by atoms with Gasteiger partial charge in [-0.05, 0) is 91.6 Å². The fraction of sp³-hybridized carbons (Fsp3) is 0.706. The second-order valence-electron chi connectivity index (χ2n) is 14.4. The summed E-state index contributed by atoms with van der Waals surface area (Å²) < 4.78 is 25.5. The van der Waals surface area contributed by atoms with Crippen molar-refractivity contribution in [3.05, 3.63) is 46.6 Å². The van der Waals surface area contributed by atoms with Crippen molar-refractivity contribution in [3.63, 3.8) is 0 Å². The molecule has 10 heteroatoms. The van der Waals surface area contributed by atoms with E-state index in [4.69, 9.17) is 9.47 Å². The molecule has 4 bridgehead atoms. The number of rotatable bonds is 12. The summed E-state index contributed by atoms with van der Waals surface area (Å²) in [6, 6.07) is 8.26. The maximum absolute atomic E-state index is 14.2. The highest BCUT2D eigenvalue weighted by Gasteiger charge is 2.51. The Hall–Kier alpha value is -2.53. The van der Waals surface area contributed by atoms with Gasteiger partial charge in [-0.25, -0.2) is 4.39 Å². The van der Waals surface area contributed by atoms with Crippen molar-refractivity contribution in [1.82, 2.24) is 15.5 Å². The topological polar surface area (TPSA) is 137 Å². The van der Waals surface area contributed by atoms with Crippen LogP contribution in [0.25, 0.3) is 0 Å². The number of amides is 1. The van der Waals surface area contributed by atoms with E-state index in [1.165, 1.54) is 44.1 Å². The summed E-state index contributed by atoms with van der Waals surface area (Å²) in [5.41, 5.74) is 4.18. The Morgan fingerprint density at radius 2 is 1.73 bits per heavy atom. The molecule has 1 amide bonds. The van der Waals surface area contributed by atoms with Crippen LogP contribution < -0.4 is 10.1 Å². The first-order valence-electron chi connectivity index (χ1n) is 16.5. The molecule has 5 atom stereocenters. The van der Waals surface area contributed by atoms with Gasteiger partial charge in [0.15, 0.2) is 6.17 Å². The number of aryl methyl sites for hydroxylation is 1. The highest BCUT2D eigenvalue weighted by molar-refractivity contribution is 5.75. The number of aliphatic hydroxyl groups excluding tert-OH is 3. The van der Waals surface area contributed by atoms with Gasteiger partial charge < -0.3 is 30.1 Å². The van der Waals surface area contributed by atoms with Gasteiger partial charge in [0.25, 0.3) is 0 Å². The molecule has 242 valence electrons. The van der Waals surface area contributed by atoms with Crippen LogP contribution in [-0.4, -0.2) is 75.3 Å². The van der Waals surface area contributed by atoms with Crippen molar-refractivity contribution in [2.45, 2.75) is 115 Å². The zero-order chi connectivity index (χ0) is 31.0. The summed E-state index contributed by atoms with van der Waals surface area (Å²) in [5, 5.41) is 40.5. The number of H-pyrrole nitrogens is 1. The number of alkyl halides is 1. The number of carbonyl (C=O) groups is 1. The van der Waals surface area contributed by atoms with Crippen LogP contribution in [0.15, 0.2) is 24.3 Å². The molecule has 9 nitrogen and oxygen atoms in total. The Labute approximate surface area is 258 Å². The summed E-state index contributed by atoms with van der Waals surface area (Å²) in [6.45, 7) is 4.24. The third kappa shape index (κ3) is 6.69. The number of carbonyl (C=O) groups excluding carboxylic acids is 1. The molecule has 0 unspecified atom stereocenters. The molecule has 2 aromatic rings. The highest BCUT2D eigenvalue weighted by Crippen LogP contribution is 2.59. The second-order valence-corrected chi connectivity index (χ2v) is 14.4. The minimum atomic E-state index is -1.93. The minimum absolute atomic E-state index is 0.103. The molecular formula is C34H48FN3O6. The lowest BCUT2D eigenvalue weighted by Gasteiger charge is -2.56. The number of aromatic nitrogens is 2. The lowest BCUT2D eigenvalue weighted by atomic mass is 9.49. The third-order valence-electron chi connectivity index (χ3n) is 10.6. The zero-order valence-electron chi connectivity index (χ0n) is 25.9. The summed E-state index contributed by atoms with van der Waals surface area (Å²) in [7, 11) is 0. The number of ether oxygens (including phenoxy) is 2. The monoisotopic (exact) mass is 613 g/mol. The quantitative estimate of drug-likeness (QED) is 0.245. The number of hydrogen-bond acceptors (Lipinski definition) is 7. The van der Waals surface area contributed by atoms with E-state index in [9.17, 15) is 24.5 Å². The fourth-order valence-corrected chi connectivity index (χ4v) is 8.72. The Balaban J connectivity index is 1.01. The maximum atomic E-state index is 14.2. The first kappa shape index (κ1) is 31.5. The third-order valence-corrected chi connectivity index (χ3v) is 10.6. The average molecular weight is 614 g/mol. The molecule has 4 aliphatic carbocycles. The van der Waals surface area contributed by atoms with Gasteiger partial charge in [-0.1, -0.05) is 38.1 Å². The average Bonchev–Trinajstić information content (AvgIpc) is 3.38. The number of nitrogens with zero attached hydrogens (tertiary/aromatic N) is 1. The van der Waals surface area contributed by atoms with E-state index in [1.807, 2.05) is 13.8 Å². The fourth-order valence-electron chi connectivity index (χ4n) is 8.72. The van der Waals surface area contributed by atoms with Gasteiger partial charge in [0, 0.05) is 30.6 Å². The number of hydrogen-bond donors (Lipinski definition) is 5. The van der Waals surface area contributed by atoms with Gasteiger partial charge >= 0.3 is 0 Å². The summed E-state index contributed by atoms with van der Waals surface area (Å²) in [5.74, 6) is 3.14. The number of nitrogens with one attached hydrogen (secondary N) is 2. The minimum Gasteiger partial charge on any atom is -0.443 e. The predicted molar refractivity (Wildman–Crippen MR) is 162 cm³/mol. The molecule has 5 N–H and O–H groups in total. The van der Waals surface area contributed by atoms with Crippen molar-refractivity contribution < 1.29 is 34.0 Å². The van der Waals surface area contributed by atoms with E-state index >= 15 is 0 Å². The van der Waals surface area contributed by atoms with Crippen LogP contribution in [-0.2, 0) is 22.4 Å². The zero-order valence-corrected chi connectivity index (χ0v) is 25.9. The van der Waals surface area contributed by atoms with Gasteiger partial charge in [-0.2, -0.15) is 0 Å². The van der Waals surface area contributed by atoms with Crippen LogP contribution in [0.3, 0.4) is 0 Å². The van der Waals surface area contributed by atoms with Crippen molar-refractivity contribution in [1.29, 1.82) is 0 Å². The predicted octanol–water partition coefficient (Wildman–Crippen LogP) is 3.94. The summed E-state index contributed by atoms with van der Waals surface area (Å²) >= 11 is 0. The molecule has 44 heavy (non-hydrogen) atoms. The standard InChI is InChI=1S/C34H48FN3O6/c1-19(2)29-25(32(38-37-29)44-33-31(42)30(41)28(35)26(17-39)43-33)13-21-8-6-20(7-9-21)4-3-5-27(40)36-18-34-14-22-10-23(15-34)12-24(11-22)16-34/h6-9,19,22-24,26,28,30-31,33,39,41-42H,3-5,10-18H2,1-2H3,(H,36,40)(H,37,38)/t22?,23?,24?,26-,28-,30+,31-,33+,34?/m1/s1.